The van der Waals surface area contributed by atoms with Gasteiger partial charge in [0.2, 0.25) is 5.82 Å². The normalized spacial score (nSPS) is 10.6. The Bertz CT molecular complexity index is 1180. The predicted molar refractivity (Wildman–Crippen MR) is 115 cm³/mol. The number of benzene rings is 3. The second kappa shape index (κ2) is 8.98. The molecule has 0 saturated carbocycles. The monoisotopic (exact) mass is 439 g/mol. The first-order chi connectivity index (χ1) is 14.6. The summed E-state index contributed by atoms with van der Waals surface area (Å²) >= 11 is 12.1. The zero-order chi connectivity index (χ0) is 20.9. The van der Waals surface area contributed by atoms with Gasteiger partial charge in [-0.05, 0) is 42.5 Å². The molecule has 1 N–H and O–H groups in total. The van der Waals surface area contributed by atoms with E-state index in [4.69, 9.17) is 32.5 Å². The Balaban J connectivity index is 1.53. The lowest BCUT2D eigenvalue weighted by atomic mass is 10.1. The maximum absolute atomic E-state index is 12.7. The number of rotatable bonds is 6. The van der Waals surface area contributed by atoms with Crippen LogP contribution in [0.15, 0.2) is 77.3 Å². The summed E-state index contributed by atoms with van der Waals surface area (Å²) in [6.45, 7) is 0.153. The number of carbonyl (C=O) groups excluding carboxylic acids is 1. The molecule has 150 valence electrons. The van der Waals surface area contributed by atoms with Crippen LogP contribution in [0.2, 0.25) is 10.0 Å². The Kier molecular flexibility index (Phi) is 5.97. The third-order valence-corrected chi connectivity index (χ3v) is 4.72. The molecule has 0 aliphatic rings. The number of anilines is 1. The molecule has 1 amide bonds. The van der Waals surface area contributed by atoms with Gasteiger partial charge in [0.25, 0.3) is 11.8 Å². The number of aromatic nitrogens is 2. The molecule has 0 bridgehead atoms. The fourth-order valence-corrected chi connectivity index (χ4v) is 3.10. The van der Waals surface area contributed by atoms with E-state index in [1.165, 1.54) is 6.07 Å². The molecule has 0 aliphatic carbocycles. The van der Waals surface area contributed by atoms with Crippen LogP contribution in [-0.4, -0.2) is 16.0 Å². The first-order valence-corrected chi connectivity index (χ1v) is 9.72. The van der Waals surface area contributed by atoms with Crippen LogP contribution in [0, 0.1) is 0 Å². The van der Waals surface area contributed by atoms with Gasteiger partial charge in [0, 0.05) is 5.02 Å². The van der Waals surface area contributed by atoms with Gasteiger partial charge in [-0.2, -0.15) is 4.98 Å². The number of hydrogen-bond acceptors (Lipinski definition) is 5. The van der Waals surface area contributed by atoms with Crippen molar-refractivity contribution in [1.82, 2.24) is 10.1 Å². The van der Waals surface area contributed by atoms with Crippen molar-refractivity contribution in [3.8, 4) is 17.2 Å². The highest BCUT2D eigenvalue weighted by Gasteiger charge is 2.17. The first-order valence-electron chi connectivity index (χ1n) is 8.96. The van der Waals surface area contributed by atoms with Gasteiger partial charge in [0.15, 0.2) is 6.61 Å². The van der Waals surface area contributed by atoms with Gasteiger partial charge in [-0.15, -0.1) is 0 Å². The SMILES string of the molecule is O=C(Nc1ccccc1-c1nc(COc2ccccc2)no1)c1cc(Cl)ccc1Cl. The van der Waals surface area contributed by atoms with Crippen molar-refractivity contribution in [2.24, 2.45) is 0 Å². The van der Waals surface area contributed by atoms with Crippen LogP contribution in [0.4, 0.5) is 5.69 Å². The van der Waals surface area contributed by atoms with Crippen molar-refractivity contribution >= 4 is 34.8 Å². The number of hydrogen-bond donors (Lipinski definition) is 1. The zero-order valence-electron chi connectivity index (χ0n) is 15.5. The molecule has 0 spiro atoms. The summed E-state index contributed by atoms with van der Waals surface area (Å²) < 4.78 is 11.0. The lowest BCUT2D eigenvalue weighted by molar-refractivity contribution is 0.102. The lowest BCUT2D eigenvalue weighted by Gasteiger charge is -2.10. The van der Waals surface area contributed by atoms with E-state index in [0.29, 0.717) is 32.9 Å². The summed E-state index contributed by atoms with van der Waals surface area (Å²) in [5, 5.41) is 7.48. The van der Waals surface area contributed by atoms with Crippen LogP contribution in [0.3, 0.4) is 0 Å². The highest BCUT2D eigenvalue weighted by molar-refractivity contribution is 6.36. The predicted octanol–water partition coefficient (Wildman–Crippen LogP) is 5.87. The highest BCUT2D eigenvalue weighted by Crippen LogP contribution is 2.28. The Morgan fingerprint density at radius 2 is 1.77 bits per heavy atom. The Morgan fingerprint density at radius 1 is 1.00 bits per heavy atom. The first kappa shape index (κ1) is 19.9. The van der Waals surface area contributed by atoms with Crippen LogP contribution < -0.4 is 10.1 Å². The molecule has 4 rings (SSSR count). The maximum Gasteiger partial charge on any atom is 0.260 e. The molecule has 0 radical (unpaired) electrons. The molecule has 4 aromatic rings. The molecule has 0 unspecified atom stereocenters. The quantitative estimate of drug-likeness (QED) is 0.406. The Morgan fingerprint density at radius 3 is 2.60 bits per heavy atom. The summed E-state index contributed by atoms with van der Waals surface area (Å²) in [4.78, 5) is 17.1. The Labute approximate surface area is 182 Å². The van der Waals surface area contributed by atoms with Gasteiger partial charge in [-0.1, -0.05) is 58.7 Å². The van der Waals surface area contributed by atoms with Crippen molar-refractivity contribution in [1.29, 1.82) is 0 Å². The molecule has 0 aliphatic heterocycles. The molecule has 0 atom stereocenters. The van der Waals surface area contributed by atoms with Gasteiger partial charge >= 0.3 is 0 Å². The molecule has 0 saturated heterocycles. The standard InChI is InChI=1S/C22H15Cl2N3O3/c23-14-10-11-18(24)17(12-14)21(28)25-19-9-5-4-8-16(19)22-26-20(27-30-22)13-29-15-6-2-1-3-7-15/h1-12H,13H2,(H,25,28). The van der Waals surface area contributed by atoms with E-state index in [1.54, 1.807) is 30.3 Å². The molecular formula is C22H15Cl2N3O3. The number of halogens is 2. The van der Waals surface area contributed by atoms with Crippen molar-refractivity contribution in [2.75, 3.05) is 5.32 Å². The summed E-state index contributed by atoms with van der Waals surface area (Å²) in [5.74, 6) is 0.944. The minimum atomic E-state index is -0.401. The van der Waals surface area contributed by atoms with E-state index in [1.807, 2.05) is 36.4 Å². The fourth-order valence-electron chi connectivity index (χ4n) is 2.73. The number of nitrogens with zero attached hydrogens (tertiary/aromatic N) is 2. The second-order valence-corrected chi connectivity index (χ2v) is 7.08. The number of amides is 1. The van der Waals surface area contributed by atoms with Gasteiger partial charge in [-0.25, -0.2) is 0 Å². The lowest BCUT2D eigenvalue weighted by Crippen LogP contribution is -2.13. The smallest absolute Gasteiger partial charge is 0.260 e. The van der Waals surface area contributed by atoms with Gasteiger partial charge in [0.1, 0.15) is 5.75 Å². The number of carbonyl (C=O) groups is 1. The van der Waals surface area contributed by atoms with E-state index < -0.39 is 5.91 Å². The van der Waals surface area contributed by atoms with Crippen LogP contribution in [-0.2, 0) is 6.61 Å². The van der Waals surface area contributed by atoms with Crippen LogP contribution in [0.5, 0.6) is 5.75 Å². The summed E-state index contributed by atoms with van der Waals surface area (Å²) in [6.07, 6.45) is 0. The van der Waals surface area contributed by atoms with Crippen molar-refractivity contribution in [3.05, 3.63) is 94.2 Å². The van der Waals surface area contributed by atoms with Gasteiger partial charge in [0.05, 0.1) is 21.8 Å². The molecule has 0 fully saturated rings. The zero-order valence-corrected chi connectivity index (χ0v) is 17.0. The topological polar surface area (TPSA) is 77.2 Å². The average molecular weight is 440 g/mol. The van der Waals surface area contributed by atoms with E-state index >= 15 is 0 Å². The maximum atomic E-state index is 12.7. The molecule has 3 aromatic carbocycles. The van der Waals surface area contributed by atoms with Crippen LogP contribution >= 0.6 is 23.2 Å². The third kappa shape index (κ3) is 4.62. The van der Waals surface area contributed by atoms with E-state index in [9.17, 15) is 4.79 Å². The van der Waals surface area contributed by atoms with Crippen LogP contribution in [0.25, 0.3) is 11.5 Å². The van der Waals surface area contributed by atoms with Gasteiger partial charge in [-0.3, -0.25) is 4.79 Å². The fraction of sp³-hybridized carbons (Fsp3) is 0.0455. The third-order valence-electron chi connectivity index (χ3n) is 4.16. The highest BCUT2D eigenvalue weighted by atomic mass is 35.5. The van der Waals surface area contributed by atoms with E-state index in [-0.39, 0.29) is 18.1 Å². The molecule has 1 heterocycles. The van der Waals surface area contributed by atoms with Crippen molar-refractivity contribution in [2.45, 2.75) is 6.61 Å². The van der Waals surface area contributed by atoms with Crippen molar-refractivity contribution in [3.63, 3.8) is 0 Å². The minimum absolute atomic E-state index is 0.153. The van der Waals surface area contributed by atoms with Crippen LogP contribution in [0.1, 0.15) is 16.2 Å². The molecule has 6 nitrogen and oxygen atoms in total. The van der Waals surface area contributed by atoms with E-state index in [0.717, 1.165) is 0 Å². The van der Waals surface area contributed by atoms with Gasteiger partial charge < -0.3 is 14.6 Å². The second-order valence-electron chi connectivity index (χ2n) is 6.24. The molecule has 30 heavy (non-hydrogen) atoms. The largest absolute Gasteiger partial charge is 0.485 e. The molecule has 8 heteroatoms. The summed E-state index contributed by atoms with van der Waals surface area (Å²) in [7, 11) is 0. The van der Waals surface area contributed by atoms with Crippen molar-refractivity contribution < 1.29 is 14.1 Å². The average Bonchev–Trinajstić information content (AvgIpc) is 3.24. The number of ether oxygens (including phenoxy) is 1. The summed E-state index contributed by atoms with van der Waals surface area (Å²) in [6, 6.07) is 21.1. The Hall–Kier alpha value is -3.35. The summed E-state index contributed by atoms with van der Waals surface area (Å²) in [5.41, 5.74) is 1.33. The number of nitrogens with one attached hydrogen (secondary N) is 1. The minimum Gasteiger partial charge on any atom is -0.485 e. The van der Waals surface area contributed by atoms with E-state index in [2.05, 4.69) is 15.5 Å². The molecular weight excluding hydrogens is 425 g/mol. The molecule has 1 aromatic heterocycles. The number of para-hydroxylation sites is 2.